The molecule has 2 aromatic rings. The molecule has 7 heteroatoms. The Kier molecular flexibility index (Phi) is 4.29. The second-order valence-corrected chi connectivity index (χ2v) is 6.41. The van der Waals surface area contributed by atoms with Gasteiger partial charge in [0.2, 0.25) is 5.95 Å². The fourth-order valence-electron chi connectivity index (χ4n) is 2.53. The molecular weight excluding hydrogens is 314 g/mol. The highest BCUT2D eigenvalue weighted by Crippen LogP contribution is 2.27. The van der Waals surface area contributed by atoms with E-state index < -0.39 is 0 Å². The van der Waals surface area contributed by atoms with Crippen LogP contribution in [-0.2, 0) is 16.0 Å². The molecule has 23 heavy (non-hydrogen) atoms. The van der Waals surface area contributed by atoms with Crippen molar-refractivity contribution in [3.05, 3.63) is 44.6 Å². The number of nitrogens with two attached hydrogens (primary N) is 1. The Morgan fingerprint density at radius 2 is 2.26 bits per heavy atom. The highest BCUT2D eigenvalue weighted by molar-refractivity contribution is 7.18. The van der Waals surface area contributed by atoms with Crippen LogP contribution in [0.4, 0.5) is 5.95 Å². The third kappa shape index (κ3) is 3.34. The van der Waals surface area contributed by atoms with Gasteiger partial charge >= 0.3 is 5.97 Å². The predicted octanol–water partition coefficient (Wildman–Crippen LogP) is 2.32. The average Bonchev–Trinajstić information content (AvgIpc) is 2.91. The van der Waals surface area contributed by atoms with Gasteiger partial charge in [-0.1, -0.05) is 17.7 Å². The Bertz CT molecular complexity index is 876. The molecule has 0 bridgehead atoms. The summed E-state index contributed by atoms with van der Waals surface area (Å²) in [5.74, 6) is -0.106. The first-order valence-corrected chi connectivity index (χ1v) is 8.22. The Morgan fingerprint density at radius 3 is 2.96 bits per heavy atom. The lowest BCUT2D eigenvalue weighted by atomic mass is 9.96. The number of thiophene rings is 1. The van der Waals surface area contributed by atoms with Gasteiger partial charge in [-0.15, -0.1) is 11.3 Å². The number of allylic oxidation sites excluding steroid dienone is 3. The van der Waals surface area contributed by atoms with Crippen molar-refractivity contribution in [2.75, 3.05) is 12.3 Å². The number of esters is 1. The molecule has 0 amide bonds. The molecule has 0 fully saturated rings. The van der Waals surface area contributed by atoms with Gasteiger partial charge < -0.3 is 10.5 Å². The van der Waals surface area contributed by atoms with Crippen LogP contribution in [-0.4, -0.2) is 22.5 Å². The van der Waals surface area contributed by atoms with Crippen LogP contribution >= 0.6 is 11.3 Å². The van der Waals surface area contributed by atoms with Crippen molar-refractivity contribution in [1.29, 1.82) is 0 Å². The van der Waals surface area contributed by atoms with Crippen molar-refractivity contribution >= 4 is 33.5 Å². The summed E-state index contributed by atoms with van der Waals surface area (Å²) in [6.07, 6.45) is 6.03. The molecule has 0 aromatic carbocycles. The second kappa shape index (κ2) is 6.37. The van der Waals surface area contributed by atoms with Crippen molar-refractivity contribution in [3.63, 3.8) is 0 Å². The van der Waals surface area contributed by atoms with Crippen LogP contribution in [0.5, 0.6) is 0 Å². The van der Waals surface area contributed by atoms with Crippen molar-refractivity contribution in [2.24, 2.45) is 0 Å². The van der Waals surface area contributed by atoms with Crippen molar-refractivity contribution in [1.82, 2.24) is 9.97 Å². The van der Waals surface area contributed by atoms with E-state index in [1.54, 1.807) is 6.92 Å². The number of rotatable bonds is 4. The summed E-state index contributed by atoms with van der Waals surface area (Å²) in [5.41, 5.74) is 7.28. The largest absolute Gasteiger partial charge is 0.463 e. The summed E-state index contributed by atoms with van der Waals surface area (Å²) in [4.78, 5) is 31.9. The molecule has 6 nitrogen and oxygen atoms in total. The molecule has 2 aromatic heterocycles. The van der Waals surface area contributed by atoms with Gasteiger partial charge in [0.05, 0.1) is 12.0 Å². The summed E-state index contributed by atoms with van der Waals surface area (Å²) in [5, 5.41) is 0.568. The Balaban J connectivity index is 1.79. The summed E-state index contributed by atoms with van der Waals surface area (Å²) < 4.78 is 5.01. The van der Waals surface area contributed by atoms with Gasteiger partial charge in [-0.25, -0.2) is 9.78 Å². The highest BCUT2D eigenvalue weighted by Gasteiger charge is 2.15. The van der Waals surface area contributed by atoms with Crippen molar-refractivity contribution in [3.8, 4) is 0 Å². The molecule has 0 saturated heterocycles. The lowest BCUT2D eigenvalue weighted by molar-refractivity contribution is -0.138. The second-order valence-electron chi connectivity index (χ2n) is 5.30. The molecule has 3 N–H and O–H groups in total. The lowest BCUT2D eigenvalue weighted by Gasteiger charge is -2.13. The van der Waals surface area contributed by atoms with Crippen molar-refractivity contribution in [2.45, 2.75) is 26.2 Å². The smallest absolute Gasteiger partial charge is 0.333 e. The number of nitrogens with one attached hydrogen (secondary N) is 1. The van der Waals surface area contributed by atoms with Crippen LogP contribution in [0.1, 0.15) is 24.6 Å². The van der Waals surface area contributed by atoms with Gasteiger partial charge in [-0.3, -0.25) is 9.78 Å². The zero-order valence-corrected chi connectivity index (χ0v) is 13.5. The molecule has 0 radical (unpaired) electrons. The average molecular weight is 331 g/mol. The molecule has 120 valence electrons. The Hall–Kier alpha value is -2.41. The van der Waals surface area contributed by atoms with Gasteiger partial charge in [0, 0.05) is 16.9 Å². The number of aromatic amines is 1. The highest BCUT2D eigenvalue weighted by atomic mass is 32.1. The van der Waals surface area contributed by atoms with Crippen LogP contribution in [0.2, 0.25) is 0 Å². The van der Waals surface area contributed by atoms with Crippen LogP contribution in [0.25, 0.3) is 10.2 Å². The minimum Gasteiger partial charge on any atom is -0.463 e. The van der Waals surface area contributed by atoms with E-state index in [1.165, 1.54) is 16.9 Å². The number of carbonyl (C=O) groups is 1. The summed E-state index contributed by atoms with van der Waals surface area (Å²) in [6, 6.07) is 1.86. The number of nitrogen functional groups attached to an aromatic ring is 1. The van der Waals surface area contributed by atoms with E-state index in [0.29, 0.717) is 28.8 Å². The number of nitrogens with zero attached hydrogens (tertiary/aromatic N) is 1. The number of anilines is 1. The van der Waals surface area contributed by atoms with E-state index in [9.17, 15) is 9.59 Å². The van der Waals surface area contributed by atoms with Crippen LogP contribution in [0.3, 0.4) is 0 Å². The minimum atomic E-state index is -0.240. The molecule has 1 aliphatic rings. The number of carbonyl (C=O) groups excluding carboxylic acids is 1. The van der Waals surface area contributed by atoms with E-state index in [1.807, 2.05) is 18.2 Å². The summed E-state index contributed by atoms with van der Waals surface area (Å²) >= 11 is 1.47. The molecule has 0 saturated carbocycles. The summed E-state index contributed by atoms with van der Waals surface area (Å²) in [6.45, 7) is 2.19. The van der Waals surface area contributed by atoms with E-state index in [-0.39, 0.29) is 17.5 Å². The number of hydrogen-bond donors (Lipinski definition) is 2. The molecule has 1 aliphatic carbocycles. The molecule has 0 spiro atoms. The molecule has 0 unspecified atom stereocenters. The predicted molar refractivity (Wildman–Crippen MR) is 90.4 cm³/mol. The first-order chi connectivity index (χ1) is 11.1. The molecule has 0 atom stereocenters. The SMILES string of the molecule is CCOC(=O)C1=CC=C(Cc2cc3c(=O)[nH]c(N)nc3s2)CC1. The maximum Gasteiger partial charge on any atom is 0.333 e. The summed E-state index contributed by atoms with van der Waals surface area (Å²) in [7, 11) is 0. The van der Waals surface area contributed by atoms with E-state index >= 15 is 0 Å². The minimum absolute atomic E-state index is 0.134. The first-order valence-electron chi connectivity index (χ1n) is 7.40. The van der Waals surface area contributed by atoms with Gasteiger partial charge in [-0.05, 0) is 25.8 Å². The number of H-pyrrole nitrogens is 1. The quantitative estimate of drug-likeness (QED) is 0.838. The lowest BCUT2D eigenvalue weighted by Crippen LogP contribution is -2.10. The normalized spacial score (nSPS) is 14.5. The Labute approximate surface area is 136 Å². The van der Waals surface area contributed by atoms with Crippen LogP contribution < -0.4 is 11.3 Å². The fraction of sp³-hybridized carbons (Fsp3) is 0.312. The van der Waals surface area contributed by atoms with Gasteiger partial charge in [0.1, 0.15) is 4.83 Å². The number of hydrogen-bond acceptors (Lipinski definition) is 6. The van der Waals surface area contributed by atoms with Gasteiger partial charge in [0.15, 0.2) is 0 Å². The topological polar surface area (TPSA) is 98.1 Å². The van der Waals surface area contributed by atoms with Crippen LogP contribution in [0.15, 0.2) is 34.2 Å². The van der Waals surface area contributed by atoms with E-state index in [4.69, 9.17) is 10.5 Å². The molecule has 2 heterocycles. The molecule has 3 rings (SSSR count). The third-order valence-corrected chi connectivity index (χ3v) is 4.68. The van der Waals surface area contributed by atoms with E-state index in [2.05, 4.69) is 9.97 Å². The first kappa shape index (κ1) is 15.5. The van der Waals surface area contributed by atoms with E-state index in [0.717, 1.165) is 17.7 Å². The van der Waals surface area contributed by atoms with Gasteiger partial charge in [-0.2, -0.15) is 0 Å². The zero-order valence-electron chi connectivity index (χ0n) is 12.7. The Morgan fingerprint density at radius 1 is 1.43 bits per heavy atom. The maximum absolute atomic E-state index is 11.8. The monoisotopic (exact) mass is 331 g/mol. The number of ether oxygens (including phenoxy) is 1. The zero-order chi connectivity index (χ0) is 16.4. The number of aromatic nitrogens is 2. The molecular formula is C16H17N3O3S. The maximum atomic E-state index is 11.8. The molecule has 0 aliphatic heterocycles. The third-order valence-electron chi connectivity index (χ3n) is 3.65. The fourth-order valence-corrected chi connectivity index (χ4v) is 3.62. The van der Waals surface area contributed by atoms with Crippen molar-refractivity contribution < 1.29 is 9.53 Å². The van der Waals surface area contributed by atoms with Gasteiger partial charge in [0.25, 0.3) is 5.56 Å². The van der Waals surface area contributed by atoms with Crippen LogP contribution in [0, 0.1) is 0 Å². The standard InChI is InChI=1S/C16H17N3O3S/c1-2-22-15(21)10-5-3-9(4-6-10)7-11-8-12-13(20)18-16(17)19-14(12)23-11/h3,5,8H,2,4,6-7H2,1H3,(H3,17,18,19,20). The number of fused-ring (bicyclic) bond motifs is 1.